The third-order valence-corrected chi connectivity index (χ3v) is 3.19. The molecule has 0 spiro atoms. The average molecular weight is 291 g/mol. The number of rotatable bonds is 5. The molecule has 0 aliphatic heterocycles. The van der Waals surface area contributed by atoms with Gasteiger partial charge in [-0.2, -0.15) is 0 Å². The highest BCUT2D eigenvalue weighted by atomic mass is 19.1. The average Bonchev–Trinajstić information content (AvgIpc) is 2.94. The van der Waals surface area contributed by atoms with Gasteiger partial charge in [0.1, 0.15) is 22.9 Å². The zero-order chi connectivity index (χ0) is 15.5. The fourth-order valence-corrected chi connectivity index (χ4v) is 1.88. The van der Waals surface area contributed by atoms with Gasteiger partial charge < -0.3 is 9.15 Å². The maximum absolute atomic E-state index is 12.9. The summed E-state index contributed by atoms with van der Waals surface area (Å²) in [6.45, 7) is 3.87. The molecular formula is C16H18FNO3. The first-order valence-electron chi connectivity index (χ1n) is 6.60. The Kier molecular flexibility index (Phi) is 4.43. The molecule has 0 unspecified atom stereocenters. The van der Waals surface area contributed by atoms with Crippen LogP contribution in [0.15, 0.2) is 40.8 Å². The second-order valence-corrected chi connectivity index (χ2v) is 5.24. The highest BCUT2D eigenvalue weighted by Crippen LogP contribution is 2.22. The van der Waals surface area contributed by atoms with Crippen molar-refractivity contribution >= 4 is 5.97 Å². The first kappa shape index (κ1) is 15.3. The zero-order valence-electron chi connectivity index (χ0n) is 12.3. The van der Waals surface area contributed by atoms with E-state index in [0.29, 0.717) is 18.1 Å². The molecule has 0 amide bonds. The fourth-order valence-electron chi connectivity index (χ4n) is 1.88. The molecule has 0 saturated heterocycles. The molecule has 0 fully saturated rings. The van der Waals surface area contributed by atoms with Crippen LogP contribution in [0, 0.1) is 5.82 Å². The van der Waals surface area contributed by atoms with Crippen molar-refractivity contribution in [2.75, 3.05) is 7.11 Å². The molecule has 5 heteroatoms. The van der Waals surface area contributed by atoms with Crippen LogP contribution in [0.25, 0.3) is 11.3 Å². The molecule has 112 valence electrons. The molecule has 0 saturated carbocycles. The molecule has 1 N–H and O–H groups in total. The van der Waals surface area contributed by atoms with Gasteiger partial charge in [-0.15, -0.1) is 0 Å². The lowest BCUT2D eigenvalue weighted by atomic mass is 10.1. The van der Waals surface area contributed by atoms with Crippen LogP contribution in [0.4, 0.5) is 4.39 Å². The molecule has 1 aromatic carbocycles. The first-order valence-corrected chi connectivity index (χ1v) is 6.60. The lowest BCUT2D eigenvalue weighted by Gasteiger charge is -2.22. The largest absolute Gasteiger partial charge is 0.468 e. The third kappa shape index (κ3) is 3.70. The van der Waals surface area contributed by atoms with Crippen molar-refractivity contribution in [2.24, 2.45) is 0 Å². The van der Waals surface area contributed by atoms with Gasteiger partial charge in [0.25, 0.3) is 0 Å². The minimum atomic E-state index is -0.794. The number of furan rings is 1. The Balaban J connectivity index is 2.04. The number of esters is 1. The lowest BCUT2D eigenvalue weighted by Crippen LogP contribution is -2.46. The van der Waals surface area contributed by atoms with Gasteiger partial charge in [0.2, 0.25) is 0 Å². The maximum Gasteiger partial charge on any atom is 0.325 e. The molecule has 4 nitrogen and oxygen atoms in total. The second-order valence-electron chi connectivity index (χ2n) is 5.24. The van der Waals surface area contributed by atoms with Crippen LogP contribution in [0.5, 0.6) is 0 Å². The molecule has 0 bridgehead atoms. The van der Waals surface area contributed by atoms with Crippen molar-refractivity contribution in [1.29, 1.82) is 0 Å². The summed E-state index contributed by atoms with van der Waals surface area (Å²) in [5.41, 5.74) is 0.00674. The van der Waals surface area contributed by atoms with E-state index in [1.165, 1.54) is 19.2 Å². The molecule has 21 heavy (non-hydrogen) atoms. The molecule has 0 aliphatic carbocycles. The topological polar surface area (TPSA) is 51.5 Å². The van der Waals surface area contributed by atoms with Crippen LogP contribution in [-0.2, 0) is 16.1 Å². The molecule has 2 rings (SSSR count). The van der Waals surface area contributed by atoms with E-state index in [2.05, 4.69) is 5.32 Å². The van der Waals surface area contributed by atoms with E-state index in [1.807, 2.05) is 12.1 Å². The smallest absolute Gasteiger partial charge is 0.325 e. The minimum Gasteiger partial charge on any atom is -0.468 e. The molecule has 1 heterocycles. The quantitative estimate of drug-likeness (QED) is 0.860. The monoisotopic (exact) mass is 291 g/mol. The Morgan fingerprint density at radius 3 is 2.52 bits per heavy atom. The number of benzene rings is 1. The Morgan fingerprint density at radius 1 is 1.24 bits per heavy atom. The van der Waals surface area contributed by atoms with Gasteiger partial charge in [-0.25, -0.2) is 4.39 Å². The van der Waals surface area contributed by atoms with E-state index in [9.17, 15) is 9.18 Å². The van der Waals surface area contributed by atoms with Gasteiger partial charge in [0.15, 0.2) is 0 Å². The van der Waals surface area contributed by atoms with Crippen LogP contribution in [0.3, 0.4) is 0 Å². The number of nitrogens with one attached hydrogen (secondary N) is 1. The second kappa shape index (κ2) is 6.10. The van der Waals surface area contributed by atoms with E-state index in [1.54, 1.807) is 26.0 Å². The predicted molar refractivity (Wildman–Crippen MR) is 77.0 cm³/mol. The number of ether oxygens (including phenoxy) is 1. The fraction of sp³-hybridized carbons (Fsp3) is 0.312. The number of hydrogen-bond acceptors (Lipinski definition) is 4. The molecule has 2 aromatic rings. The Hall–Kier alpha value is -2.14. The van der Waals surface area contributed by atoms with Gasteiger partial charge >= 0.3 is 5.97 Å². The van der Waals surface area contributed by atoms with Gasteiger partial charge in [-0.3, -0.25) is 10.1 Å². The summed E-state index contributed by atoms with van der Waals surface area (Å²) in [7, 11) is 1.35. The summed E-state index contributed by atoms with van der Waals surface area (Å²) in [6.07, 6.45) is 0. The highest BCUT2D eigenvalue weighted by molar-refractivity contribution is 5.79. The van der Waals surface area contributed by atoms with E-state index in [0.717, 1.165) is 5.56 Å². The summed E-state index contributed by atoms with van der Waals surface area (Å²) < 4.78 is 23.3. The van der Waals surface area contributed by atoms with E-state index in [-0.39, 0.29) is 11.8 Å². The van der Waals surface area contributed by atoms with E-state index in [4.69, 9.17) is 9.15 Å². The van der Waals surface area contributed by atoms with Crippen molar-refractivity contribution in [3.8, 4) is 11.3 Å². The summed E-state index contributed by atoms with van der Waals surface area (Å²) in [5, 5.41) is 3.07. The summed E-state index contributed by atoms with van der Waals surface area (Å²) >= 11 is 0. The van der Waals surface area contributed by atoms with Crippen LogP contribution in [0.2, 0.25) is 0 Å². The standard InChI is InChI=1S/C16H18FNO3/c1-16(2,15(19)20-3)18-10-13-8-9-14(21-13)11-4-6-12(17)7-5-11/h4-9,18H,10H2,1-3H3. The molecular weight excluding hydrogens is 273 g/mol. The summed E-state index contributed by atoms with van der Waals surface area (Å²) in [5.74, 6) is 0.716. The zero-order valence-corrected chi connectivity index (χ0v) is 12.3. The minimum absolute atomic E-state index is 0.285. The van der Waals surface area contributed by atoms with Crippen LogP contribution in [-0.4, -0.2) is 18.6 Å². The van der Waals surface area contributed by atoms with Crippen LogP contribution < -0.4 is 5.32 Å². The maximum atomic E-state index is 12.9. The molecule has 0 radical (unpaired) electrons. The first-order chi connectivity index (χ1) is 9.92. The van der Waals surface area contributed by atoms with Crippen molar-refractivity contribution < 1.29 is 18.3 Å². The summed E-state index contributed by atoms with van der Waals surface area (Å²) in [6, 6.07) is 9.72. The van der Waals surface area contributed by atoms with Crippen LogP contribution >= 0.6 is 0 Å². The van der Waals surface area contributed by atoms with Gasteiger partial charge in [0, 0.05) is 5.56 Å². The Labute approximate surface area is 122 Å². The number of carbonyl (C=O) groups excluding carboxylic acids is 1. The third-order valence-electron chi connectivity index (χ3n) is 3.19. The number of halogens is 1. The normalized spacial score (nSPS) is 11.4. The van der Waals surface area contributed by atoms with Crippen molar-refractivity contribution in [3.05, 3.63) is 48.0 Å². The van der Waals surface area contributed by atoms with E-state index < -0.39 is 5.54 Å². The Morgan fingerprint density at radius 2 is 1.90 bits per heavy atom. The predicted octanol–water partition coefficient (Wildman–Crippen LogP) is 3.13. The molecule has 0 aliphatic rings. The molecule has 0 atom stereocenters. The highest BCUT2D eigenvalue weighted by Gasteiger charge is 2.28. The number of methoxy groups -OCH3 is 1. The Bertz CT molecular complexity index is 617. The lowest BCUT2D eigenvalue weighted by molar-refractivity contribution is -0.147. The van der Waals surface area contributed by atoms with Gasteiger partial charge in [-0.1, -0.05) is 0 Å². The van der Waals surface area contributed by atoms with Crippen LogP contribution in [0.1, 0.15) is 19.6 Å². The molecule has 1 aromatic heterocycles. The van der Waals surface area contributed by atoms with Crippen molar-refractivity contribution in [1.82, 2.24) is 5.32 Å². The SMILES string of the molecule is COC(=O)C(C)(C)NCc1ccc(-c2ccc(F)cc2)o1. The van der Waals surface area contributed by atoms with Gasteiger partial charge in [0.05, 0.1) is 13.7 Å². The van der Waals surface area contributed by atoms with Gasteiger partial charge in [-0.05, 0) is 50.2 Å². The van der Waals surface area contributed by atoms with Crippen molar-refractivity contribution in [3.63, 3.8) is 0 Å². The number of hydrogen-bond donors (Lipinski definition) is 1. The van der Waals surface area contributed by atoms with Crippen molar-refractivity contribution in [2.45, 2.75) is 25.9 Å². The van der Waals surface area contributed by atoms with E-state index >= 15 is 0 Å². The number of carbonyl (C=O) groups is 1. The summed E-state index contributed by atoms with van der Waals surface area (Å²) in [4.78, 5) is 11.6.